The van der Waals surface area contributed by atoms with Gasteiger partial charge in [0.1, 0.15) is 5.75 Å². The lowest BCUT2D eigenvalue weighted by Gasteiger charge is -2.13. The Morgan fingerprint density at radius 1 is 1.00 bits per heavy atom. The number of carbonyl (C=O) groups is 2. The fraction of sp³-hybridized carbons (Fsp3) is 0.167. The fourth-order valence-corrected chi connectivity index (χ4v) is 2.16. The van der Waals surface area contributed by atoms with Gasteiger partial charge < -0.3 is 24.7 Å². The molecule has 0 aliphatic carbocycles. The van der Waals surface area contributed by atoms with E-state index in [-0.39, 0.29) is 5.56 Å². The first-order chi connectivity index (χ1) is 13.0. The standard InChI is InChI=1S/C18H19N3O6/c1-24-14-8-12(9-15(25-2)16(14)26-3)17(22)27-13-6-4-11(5-7-13)10-20-21-18(19)23/h4-10H,1-3H3,(H3,19,21,23). The van der Waals surface area contributed by atoms with Crippen LogP contribution in [0.2, 0.25) is 0 Å². The molecule has 0 saturated heterocycles. The Labute approximate surface area is 155 Å². The topological polar surface area (TPSA) is 121 Å². The number of hydrogen-bond donors (Lipinski definition) is 2. The summed E-state index contributed by atoms with van der Waals surface area (Å²) in [6, 6.07) is 8.72. The van der Waals surface area contributed by atoms with Crippen molar-refractivity contribution >= 4 is 18.2 Å². The first-order valence-corrected chi connectivity index (χ1v) is 7.69. The summed E-state index contributed by atoms with van der Waals surface area (Å²) in [5, 5.41) is 3.64. The second-order valence-corrected chi connectivity index (χ2v) is 5.11. The zero-order valence-electron chi connectivity index (χ0n) is 15.0. The second kappa shape index (κ2) is 9.09. The Morgan fingerprint density at radius 2 is 1.59 bits per heavy atom. The number of carbonyl (C=O) groups excluding carboxylic acids is 2. The number of amides is 2. The van der Waals surface area contributed by atoms with Crippen molar-refractivity contribution in [3.8, 4) is 23.0 Å². The van der Waals surface area contributed by atoms with E-state index in [2.05, 4.69) is 10.5 Å². The zero-order chi connectivity index (χ0) is 19.8. The molecule has 0 aliphatic rings. The van der Waals surface area contributed by atoms with Gasteiger partial charge in [0.25, 0.3) is 0 Å². The number of hydrogen-bond acceptors (Lipinski definition) is 7. The third kappa shape index (κ3) is 5.11. The van der Waals surface area contributed by atoms with Crippen LogP contribution < -0.4 is 30.1 Å². The van der Waals surface area contributed by atoms with Gasteiger partial charge in [0.05, 0.1) is 33.1 Å². The quantitative estimate of drug-likeness (QED) is 0.331. The Balaban J connectivity index is 2.15. The van der Waals surface area contributed by atoms with E-state index < -0.39 is 12.0 Å². The highest BCUT2D eigenvalue weighted by atomic mass is 16.5. The molecule has 142 valence electrons. The molecule has 0 saturated carbocycles. The van der Waals surface area contributed by atoms with Gasteiger partial charge in [-0.05, 0) is 42.0 Å². The molecule has 0 heterocycles. The summed E-state index contributed by atoms with van der Waals surface area (Å²) in [5.74, 6) is 0.805. The highest BCUT2D eigenvalue weighted by Gasteiger charge is 2.18. The molecule has 0 fully saturated rings. The smallest absolute Gasteiger partial charge is 0.343 e. The van der Waals surface area contributed by atoms with E-state index in [1.807, 2.05) is 0 Å². The van der Waals surface area contributed by atoms with E-state index >= 15 is 0 Å². The minimum Gasteiger partial charge on any atom is -0.493 e. The molecular weight excluding hydrogens is 354 g/mol. The van der Waals surface area contributed by atoms with Crippen LogP contribution in [-0.4, -0.2) is 39.5 Å². The molecular formula is C18H19N3O6. The van der Waals surface area contributed by atoms with Crippen molar-refractivity contribution < 1.29 is 28.5 Å². The van der Waals surface area contributed by atoms with Crippen molar-refractivity contribution in [2.24, 2.45) is 10.8 Å². The van der Waals surface area contributed by atoms with Crippen molar-refractivity contribution in [2.75, 3.05) is 21.3 Å². The van der Waals surface area contributed by atoms with E-state index in [0.717, 1.165) is 0 Å². The summed E-state index contributed by atoms with van der Waals surface area (Å²) in [7, 11) is 4.39. The molecule has 2 amide bonds. The van der Waals surface area contributed by atoms with Crippen LogP contribution in [0.5, 0.6) is 23.0 Å². The van der Waals surface area contributed by atoms with Crippen LogP contribution in [0.4, 0.5) is 4.79 Å². The highest BCUT2D eigenvalue weighted by molar-refractivity contribution is 5.93. The van der Waals surface area contributed by atoms with E-state index in [1.165, 1.54) is 39.7 Å². The summed E-state index contributed by atoms with van der Waals surface area (Å²) < 4.78 is 21.0. The number of urea groups is 1. The second-order valence-electron chi connectivity index (χ2n) is 5.11. The van der Waals surface area contributed by atoms with Crippen LogP contribution in [0.3, 0.4) is 0 Å². The van der Waals surface area contributed by atoms with E-state index in [4.69, 9.17) is 24.7 Å². The highest BCUT2D eigenvalue weighted by Crippen LogP contribution is 2.38. The lowest BCUT2D eigenvalue weighted by Crippen LogP contribution is -2.24. The molecule has 9 heteroatoms. The molecule has 0 unspecified atom stereocenters. The monoisotopic (exact) mass is 373 g/mol. The normalized spacial score (nSPS) is 10.3. The van der Waals surface area contributed by atoms with E-state index in [1.54, 1.807) is 24.3 Å². The number of nitrogens with one attached hydrogen (secondary N) is 1. The zero-order valence-corrected chi connectivity index (χ0v) is 15.0. The number of esters is 1. The Morgan fingerprint density at radius 3 is 2.07 bits per heavy atom. The Bertz CT molecular complexity index is 824. The first-order valence-electron chi connectivity index (χ1n) is 7.69. The molecule has 0 spiro atoms. The third-order valence-electron chi connectivity index (χ3n) is 3.38. The summed E-state index contributed by atoms with van der Waals surface area (Å²) in [4.78, 5) is 23.0. The molecule has 27 heavy (non-hydrogen) atoms. The van der Waals surface area contributed by atoms with Gasteiger partial charge in [-0.3, -0.25) is 0 Å². The minimum atomic E-state index is -0.762. The number of ether oxygens (including phenoxy) is 4. The molecule has 0 aromatic heterocycles. The summed E-state index contributed by atoms with van der Waals surface area (Å²) >= 11 is 0. The van der Waals surface area contributed by atoms with Crippen molar-refractivity contribution in [1.82, 2.24) is 5.43 Å². The molecule has 2 rings (SSSR count). The van der Waals surface area contributed by atoms with Gasteiger partial charge in [-0.2, -0.15) is 5.10 Å². The van der Waals surface area contributed by atoms with Gasteiger partial charge >= 0.3 is 12.0 Å². The maximum atomic E-state index is 12.4. The summed E-state index contributed by atoms with van der Waals surface area (Å²) in [6.45, 7) is 0. The predicted octanol–water partition coefficient (Wildman–Crippen LogP) is 1.93. The molecule has 9 nitrogen and oxygen atoms in total. The minimum absolute atomic E-state index is 0.237. The number of rotatable bonds is 7. The van der Waals surface area contributed by atoms with Crippen molar-refractivity contribution in [3.63, 3.8) is 0 Å². The fourth-order valence-electron chi connectivity index (χ4n) is 2.16. The third-order valence-corrected chi connectivity index (χ3v) is 3.38. The molecule has 0 radical (unpaired) electrons. The van der Waals surface area contributed by atoms with Crippen molar-refractivity contribution in [3.05, 3.63) is 47.5 Å². The lowest BCUT2D eigenvalue weighted by molar-refractivity contribution is 0.0734. The van der Waals surface area contributed by atoms with Crippen molar-refractivity contribution in [1.29, 1.82) is 0 Å². The molecule has 2 aromatic rings. The van der Waals surface area contributed by atoms with Gasteiger partial charge in [0, 0.05) is 0 Å². The molecule has 0 aliphatic heterocycles. The van der Waals surface area contributed by atoms with Crippen molar-refractivity contribution in [2.45, 2.75) is 0 Å². The van der Waals surface area contributed by atoms with Gasteiger partial charge in [0.15, 0.2) is 11.5 Å². The molecule has 0 atom stereocenters. The van der Waals surface area contributed by atoms with Gasteiger partial charge in [-0.25, -0.2) is 15.0 Å². The van der Waals surface area contributed by atoms with Gasteiger partial charge in [-0.15, -0.1) is 0 Å². The number of nitrogens with two attached hydrogens (primary N) is 1. The van der Waals surface area contributed by atoms with Crippen LogP contribution >= 0.6 is 0 Å². The van der Waals surface area contributed by atoms with Crippen LogP contribution in [0.25, 0.3) is 0 Å². The van der Waals surface area contributed by atoms with Gasteiger partial charge in [0.2, 0.25) is 5.75 Å². The Hall–Kier alpha value is -3.75. The van der Waals surface area contributed by atoms with Crippen LogP contribution in [-0.2, 0) is 0 Å². The average Bonchev–Trinajstić information content (AvgIpc) is 2.67. The number of hydrazone groups is 1. The molecule has 3 N–H and O–H groups in total. The van der Waals surface area contributed by atoms with Gasteiger partial charge in [-0.1, -0.05) is 0 Å². The predicted molar refractivity (Wildman–Crippen MR) is 97.8 cm³/mol. The maximum Gasteiger partial charge on any atom is 0.343 e. The molecule has 2 aromatic carbocycles. The Kier molecular flexibility index (Phi) is 6.59. The van der Waals surface area contributed by atoms with E-state index in [9.17, 15) is 9.59 Å². The number of primary amides is 1. The molecule has 0 bridgehead atoms. The number of methoxy groups -OCH3 is 3. The van der Waals surface area contributed by atoms with Crippen LogP contribution in [0.1, 0.15) is 15.9 Å². The summed E-state index contributed by atoms with van der Waals surface area (Å²) in [6.07, 6.45) is 1.40. The largest absolute Gasteiger partial charge is 0.493 e. The average molecular weight is 373 g/mol. The maximum absolute atomic E-state index is 12.4. The van der Waals surface area contributed by atoms with Crippen LogP contribution in [0, 0.1) is 0 Å². The summed E-state index contributed by atoms with van der Waals surface area (Å²) in [5.41, 5.74) is 7.90. The van der Waals surface area contributed by atoms with Crippen LogP contribution in [0.15, 0.2) is 41.5 Å². The number of benzene rings is 2. The number of nitrogens with zero attached hydrogens (tertiary/aromatic N) is 1. The van der Waals surface area contributed by atoms with E-state index in [0.29, 0.717) is 28.6 Å². The lowest BCUT2D eigenvalue weighted by atomic mass is 10.2. The first kappa shape index (κ1) is 19.6. The SMILES string of the molecule is COc1cc(C(=O)Oc2ccc(C=NNC(N)=O)cc2)cc(OC)c1OC.